The fourth-order valence-electron chi connectivity index (χ4n) is 2.32. The smallest absolute Gasteiger partial charge is 0.214 e. The predicted octanol–water partition coefficient (Wildman–Crippen LogP) is 0.152. The van der Waals surface area contributed by atoms with Gasteiger partial charge in [0.25, 0.3) is 0 Å². The summed E-state index contributed by atoms with van der Waals surface area (Å²) >= 11 is 0. The molecule has 1 aromatic rings. The number of nitrogens with zero attached hydrogens (tertiary/aromatic N) is 3. The van der Waals surface area contributed by atoms with Gasteiger partial charge in [0.1, 0.15) is 5.82 Å². The Morgan fingerprint density at radius 1 is 1.29 bits per heavy atom. The predicted molar refractivity (Wildman–Crippen MR) is 82.7 cm³/mol. The van der Waals surface area contributed by atoms with Crippen molar-refractivity contribution in [2.45, 2.75) is 6.42 Å². The molecule has 2 heterocycles. The molecule has 21 heavy (non-hydrogen) atoms. The third-order valence-electron chi connectivity index (χ3n) is 3.52. The molecule has 0 radical (unpaired) electrons. The number of sulfonamides is 1. The standard InChI is InChI=1S/C13H22N4O3S/c1-20-9-2-10-21(18,19)17-7-5-16(6-8-17)12-3-4-13(14)15-11-12/h3-4,11H,2,5-10H2,1H3,(H2,14,15). The molecule has 118 valence electrons. The Morgan fingerprint density at radius 2 is 2.00 bits per heavy atom. The summed E-state index contributed by atoms with van der Waals surface area (Å²) in [7, 11) is -1.60. The third-order valence-corrected chi connectivity index (χ3v) is 5.48. The molecule has 0 saturated carbocycles. The minimum Gasteiger partial charge on any atom is -0.385 e. The van der Waals surface area contributed by atoms with Gasteiger partial charge in [-0.05, 0) is 18.6 Å². The van der Waals surface area contributed by atoms with Gasteiger partial charge >= 0.3 is 0 Å². The zero-order valence-electron chi connectivity index (χ0n) is 12.2. The fourth-order valence-corrected chi connectivity index (χ4v) is 3.78. The normalized spacial score (nSPS) is 17.1. The van der Waals surface area contributed by atoms with E-state index in [1.807, 2.05) is 6.07 Å². The van der Waals surface area contributed by atoms with Crippen molar-refractivity contribution in [2.24, 2.45) is 0 Å². The van der Waals surface area contributed by atoms with Crippen molar-refractivity contribution in [2.75, 3.05) is 56.3 Å². The van der Waals surface area contributed by atoms with Gasteiger partial charge in [-0.3, -0.25) is 0 Å². The first kappa shape index (κ1) is 16.0. The number of ether oxygens (including phenoxy) is 1. The fraction of sp³-hybridized carbons (Fsp3) is 0.615. The van der Waals surface area contributed by atoms with Crippen LogP contribution in [0.3, 0.4) is 0 Å². The number of aromatic nitrogens is 1. The van der Waals surface area contributed by atoms with Gasteiger partial charge in [0.05, 0.1) is 17.6 Å². The van der Waals surface area contributed by atoms with Crippen LogP contribution in [-0.4, -0.2) is 63.4 Å². The van der Waals surface area contributed by atoms with Crippen LogP contribution in [0.1, 0.15) is 6.42 Å². The molecule has 0 aliphatic carbocycles. The van der Waals surface area contributed by atoms with Gasteiger partial charge in [0, 0.05) is 39.9 Å². The second-order valence-corrected chi connectivity index (χ2v) is 7.08. The quantitative estimate of drug-likeness (QED) is 0.752. The highest BCUT2D eigenvalue weighted by Gasteiger charge is 2.26. The highest BCUT2D eigenvalue weighted by molar-refractivity contribution is 7.89. The van der Waals surface area contributed by atoms with Crippen LogP contribution >= 0.6 is 0 Å². The molecule has 0 spiro atoms. The number of pyridine rings is 1. The first-order chi connectivity index (χ1) is 10.0. The average molecular weight is 314 g/mol. The molecular weight excluding hydrogens is 292 g/mol. The summed E-state index contributed by atoms with van der Waals surface area (Å²) in [6, 6.07) is 3.66. The van der Waals surface area contributed by atoms with E-state index in [1.165, 1.54) is 0 Å². The van der Waals surface area contributed by atoms with Crippen LogP contribution in [0.5, 0.6) is 0 Å². The largest absolute Gasteiger partial charge is 0.385 e. The van der Waals surface area contributed by atoms with Gasteiger partial charge in [-0.25, -0.2) is 13.4 Å². The lowest BCUT2D eigenvalue weighted by molar-refractivity contribution is 0.199. The topological polar surface area (TPSA) is 88.8 Å². The van der Waals surface area contributed by atoms with Gasteiger partial charge in [0.15, 0.2) is 0 Å². The van der Waals surface area contributed by atoms with Crippen LogP contribution in [0, 0.1) is 0 Å². The molecule has 8 heteroatoms. The molecule has 0 atom stereocenters. The summed E-state index contributed by atoms with van der Waals surface area (Å²) in [5, 5.41) is 0. The first-order valence-corrected chi connectivity index (χ1v) is 8.57. The van der Waals surface area contributed by atoms with E-state index in [-0.39, 0.29) is 5.75 Å². The second kappa shape index (κ2) is 7.06. The van der Waals surface area contributed by atoms with E-state index >= 15 is 0 Å². The number of hydrogen-bond donors (Lipinski definition) is 1. The molecule has 1 aromatic heterocycles. The SMILES string of the molecule is COCCCS(=O)(=O)N1CCN(c2ccc(N)nc2)CC1. The number of methoxy groups -OCH3 is 1. The molecule has 1 aliphatic heterocycles. The van der Waals surface area contributed by atoms with Crippen LogP contribution in [-0.2, 0) is 14.8 Å². The number of rotatable bonds is 6. The molecule has 2 N–H and O–H groups in total. The minimum absolute atomic E-state index is 0.143. The van der Waals surface area contributed by atoms with Crippen LogP contribution < -0.4 is 10.6 Å². The Morgan fingerprint density at radius 3 is 2.57 bits per heavy atom. The van der Waals surface area contributed by atoms with Crippen LogP contribution in [0.15, 0.2) is 18.3 Å². The summed E-state index contributed by atoms with van der Waals surface area (Å²) in [6.07, 6.45) is 2.25. The van der Waals surface area contributed by atoms with E-state index in [9.17, 15) is 8.42 Å². The van der Waals surface area contributed by atoms with Crippen molar-refractivity contribution in [1.29, 1.82) is 0 Å². The summed E-state index contributed by atoms with van der Waals surface area (Å²) in [5.74, 6) is 0.627. The zero-order chi connectivity index (χ0) is 15.3. The lowest BCUT2D eigenvalue weighted by Crippen LogP contribution is -2.49. The minimum atomic E-state index is -3.18. The van der Waals surface area contributed by atoms with E-state index in [0.29, 0.717) is 45.0 Å². The number of piperazine rings is 1. The molecule has 0 aromatic carbocycles. The third kappa shape index (κ3) is 4.29. The average Bonchev–Trinajstić information content (AvgIpc) is 2.48. The monoisotopic (exact) mass is 314 g/mol. The van der Waals surface area contributed by atoms with E-state index in [2.05, 4.69) is 9.88 Å². The maximum absolute atomic E-state index is 12.2. The molecule has 1 saturated heterocycles. The highest BCUT2D eigenvalue weighted by Crippen LogP contribution is 2.17. The molecular formula is C13H22N4O3S. The summed E-state index contributed by atoms with van der Waals surface area (Å²) in [4.78, 5) is 6.18. The van der Waals surface area contributed by atoms with Gasteiger partial charge in [-0.15, -0.1) is 0 Å². The molecule has 0 unspecified atom stereocenters. The Labute approximate surface area is 125 Å². The number of hydrogen-bond acceptors (Lipinski definition) is 6. The van der Waals surface area contributed by atoms with Crippen molar-refractivity contribution in [1.82, 2.24) is 9.29 Å². The van der Waals surface area contributed by atoms with Crippen LogP contribution in [0.4, 0.5) is 11.5 Å². The highest BCUT2D eigenvalue weighted by atomic mass is 32.2. The van der Waals surface area contributed by atoms with Gasteiger partial charge in [0.2, 0.25) is 10.0 Å². The molecule has 1 aliphatic rings. The lowest BCUT2D eigenvalue weighted by atomic mass is 10.3. The van der Waals surface area contributed by atoms with Crippen LogP contribution in [0.25, 0.3) is 0 Å². The number of anilines is 2. The molecule has 0 bridgehead atoms. The van der Waals surface area contributed by atoms with Gasteiger partial charge in [-0.2, -0.15) is 4.31 Å². The molecule has 7 nitrogen and oxygen atoms in total. The summed E-state index contributed by atoms with van der Waals surface area (Å²) in [6.45, 7) is 2.79. The Kier molecular flexibility index (Phi) is 5.38. The van der Waals surface area contributed by atoms with E-state index in [1.54, 1.807) is 23.7 Å². The van der Waals surface area contributed by atoms with E-state index in [0.717, 1.165) is 5.69 Å². The second-order valence-electron chi connectivity index (χ2n) is 4.99. The van der Waals surface area contributed by atoms with E-state index in [4.69, 9.17) is 10.5 Å². The maximum atomic E-state index is 12.2. The van der Waals surface area contributed by atoms with Gasteiger partial charge in [-0.1, -0.05) is 0 Å². The van der Waals surface area contributed by atoms with Crippen LogP contribution in [0.2, 0.25) is 0 Å². The Hall–Kier alpha value is -1.38. The first-order valence-electron chi connectivity index (χ1n) is 6.96. The van der Waals surface area contributed by atoms with Crippen molar-refractivity contribution < 1.29 is 13.2 Å². The van der Waals surface area contributed by atoms with Crippen molar-refractivity contribution in [3.05, 3.63) is 18.3 Å². The maximum Gasteiger partial charge on any atom is 0.214 e. The van der Waals surface area contributed by atoms with Crippen molar-refractivity contribution in [3.63, 3.8) is 0 Å². The summed E-state index contributed by atoms with van der Waals surface area (Å²) < 4.78 is 30.8. The van der Waals surface area contributed by atoms with Gasteiger partial charge < -0.3 is 15.4 Å². The van der Waals surface area contributed by atoms with Crippen molar-refractivity contribution >= 4 is 21.5 Å². The lowest BCUT2D eigenvalue weighted by Gasteiger charge is -2.35. The number of nitrogen functional groups attached to an aromatic ring is 1. The molecule has 1 fully saturated rings. The zero-order valence-corrected chi connectivity index (χ0v) is 13.1. The Balaban J connectivity index is 1.89. The molecule has 2 rings (SSSR count). The molecule has 0 amide bonds. The van der Waals surface area contributed by atoms with E-state index < -0.39 is 10.0 Å². The summed E-state index contributed by atoms with van der Waals surface area (Å²) in [5.41, 5.74) is 6.54. The Bertz CT molecular complexity index is 539. The van der Waals surface area contributed by atoms with Crippen molar-refractivity contribution in [3.8, 4) is 0 Å². The number of nitrogens with two attached hydrogens (primary N) is 1.